The predicted octanol–water partition coefficient (Wildman–Crippen LogP) is 0.503. The zero-order chi connectivity index (χ0) is 12.2. The molecule has 0 heterocycles. The van der Waals surface area contributed by atoms with E-state index in [0.717, 1.165) is 6.92 Å². The normalized spacial score (nSPS) is 13.1. The molecule has 0 aliphatic carbocycles. The van der Waals surface area contributed by atoms with E-state index in [1.807, 2.05) is 0 Å². The molecule has 6 heteroatoms. The number of hydrogen-bond acceptors (Lipinski definition) is 3. The fourth-order valence-electron chi connectivity index (χ4n) is 0.989. The second kappa shape index (κ2) is 4.94. The molecule has 0 aromatic heterocycles. The van der Waals surface area contributed by atoms with Crippen LogP contribution in [0.15, 0.2) is 22.8 Å². The first-order valence-electron chi connectivity index (χ1n) is 3.86. The van der Waals surface area contributed by atoms with Gasteiger partial charge in [0.1, 0.15) is 0 Å². The van der Waals surface area contributed by atoms with E-state index in [-0.39, 0.29) is 5.57 Å². The minimum Gasteiger partial charge on any atom is -0.478 e. The second-order valence-electron chi connectivity index (χ2n) is 2.78. The third kappa shape index (κ3) is 3.63. The lowest BCUT2D eigenvalue weighted by atomic mass is 10.0. The van der Waals surface area contributed by atoms with Crippen molar-refractivity contribution in [3.63, 3.8) is 0 Å². The molecule has 0 bridgehead atoms. The number of hydrogen-bond donors (Lipinski definition) is 3. The number of rotatable bonds is 4. The molecule has 0 radical (unpaired) electrons. The maximum atomic E-state index is 10.7. The van der Waals surface area contributed by atoms with Gasteiger partial charge in [-0.3, -0.25) is 0 Å². The number of carboxylic acid groups (broad SMARTS) is 3. The summed E-state index contributed by atoms with van der Waals surface area (Å²) in [4.78, 5) is 31.5. The molecule has 0 aromatic carbocycles. The molecular weight excluding hydrogens is 204 g/mol. The van der Waals surface area contributed by atoms with E-state index < -0.39 is 29.1 Å². The summed E-state index contributed by atoms with van der Waals surface area (Å²) < 4.78 is 0. The molecule has 0 aliphatic rings. The lowest BCUT2D eigenvalue weighted by Gasteiger charge is -2.04. The van der Waals surface area contributed by atoms with Crippen LogP contribution in [-0.4, -0.2) is 33.2 Å². The summed E-state index contributed by atoms with van der Waals surface area (Å²) in [7, 11) is 0. The molecule has 0 unspecified atom stereocenters. The summed E-state index contributed by atoms with van der Waals surface area (Å²) in [6.45, 7) is 2.33. The highest BCUT2D eigenvalue weighted by atomic mass is 16.4. The average Bonchev–Trinajstić information content (AvgIpc) is 2.01. The van der Waals surface area contributed by atoms with Crippen molar-refractivity contribution in [3.8, 4) is 0 Å². The monoisotopic (exact) mass is 214 g/mol. The molecule has 15 heavy (non-hydrogen) atoms. The van der Waals surface area contributed by atoms with E-state index in [1.165, 1.54) is 6.92 Å². The van der Waals surface area contributed by atoms with Gasteiger partial charge in [-0.2, -0.15) is 0 Å². The number of carboxylic acids is 3. The molecule has 0 saturated carbocycles. The topological polar surface area (TPSA) is 112 Å². The van der Waals surface area contributed by atoms with Crippen molar-refractivity contribution in [2.24, 2.45) is 0 Å². The lowest BCUT2D eigenvalue weighted by Crippen LogP contribution is -2.11. The molecule has 0 saturated heterocycles. The summed E-state index contributed by atoms with van der Waals surface area (Å²) in [5, 5.41) is 25.7. The predicted molar refractivity (Wildman–Crippen MR) is 49.4 cm³/mol. The summed E-state index contributed by atoms with van der Waals surface area (Å²) in [5.41, 5.74) is -1.03. The zero-order valence-electron chi connectivity index (χ0n) is 8.14. The Bertz CT molecular complexity index is 374. The van der Waals surface area contributed by atoms with Crippen LogP contribution in [0.25, 0.3) is 0 Å². The van der Waals surface area contributed by atoms with Crippen LogP contribution in [0.5, 0.6) is 0 Å². The quantitative estimate of drug-likeness (QED) is 0.464. The Morgan fingerprint density at radius 1 is 0.933 bits per heavy atom. The number of carbonyl (C=O) groups is 3. The molecule has 0 atom stereocenters. The summed E-state index contributed by atoms with van der Waals surface area (Å²) in [6, 6.07) is 0. The highest BCUT2D eigenvalue weighted by molar-refractivity contribution is 6.02. The third-order valence-electron chi connectivity index (χ3n) is 1.64. The molecule has 0 fully saturated rings. The van der Waals surface area contributed by atoms with Crippen LogP contribution in [0, 0.1) is 0 Å². The molecule has 0 aliphatic heterocycles. The van der Waals surface area contributed by atoms with Gasteiger partial charge in [-0.15, -0.1) is 0 Å². The average molecular weight is 214 g/mol. The summed E-state index contributed by atoms with van der Waals surface area (Å²) >= 11 is 0. The highest BCUT2D eigenvalue weighted by Crippen LogP contribution is 2.15. The second-order valence-corrected chi connectivity index (χ2v) is 2.78. The molecule has 0 amide bonds. The van der Waals surface area contributed by atoms with Gasteiger partial charge in [0.25, 0.3) is 0 Å². The lowest BCUT2D eigenvalue weighted by molar-refractivity contribution is -0.135. The third-order valence-corrected chi connectivity index (χ3v) is 1.64. The van der Waals surface area contributed by atoms with Crippen molar-refractivity contribution in [1.82, 2.24) is 0 Å². The highest BCUT2D eigenvalue weighted by Gasteiger charge is 2.18. The first-order valence-corrected chi connectivity index (χ1v) is 3.86. The van der Waals surface area contributed by atoms with Gasteiger partial charge in [0.05, 0.1) is 5.57 Å². The molecule has 6 nitrogen and oxygen atoms in total. The Morgan fingerprint density at radius 3 is 1.67 bits per heavy atom. The van der Waals surface area contributed by atoms with E-state index in [4.69, 9.17) is 15.3 Å². The van der Waals surface area contributed by atoms with E-state index >= 15 is 0 Å². The first kappa shape index (κ1) is 12.9. The fourth-order valence-corrected chi connectivity index (χ4v) is 0.989. The smallest absolute Gasteiger partial charge is 0.336 e. The van der Waals surface area contributed by atoms with Gasteiger partial charge < -0.3 is 15.3 Å². The molecule has 0 aromatic rings. The van der Waals surface area contributed by atoms with Gasteiger partial charge in [0, 0.05) is 11.6 Å². The van der Waals surface area contributed by atoms with Crippen molar-refractivity contribution in [2.75, 3.05) is 0 Å². The van der Waals surface area contributed by atoms with Gasteiger partial charge in [-0.25, -0.2) is 14.4 Å². The van der Waals surface area contributed by atoms with Crippen molar-refractivity contribution >= 4 is 17.9 Å². The summed E-state index contributed by atoms with van der Waals surface area (Å²) in [5.74, 6) is -4.19. The van der Waals surface area contributed by atoms with Crippen LogP contribution in [0.2, 0.25) is 0 Å². The Labute approximate surface area is 85.1 Å². The largest absolute Gasteiger partial charge is 0.478 e. The number of aliphatic carboxylic acids is 3. The van der Waals surface area contributed by atoms with Crippen LogP contribution in [-0.2, 0) is 14.4 Å². The Hall–Kier alpha value is -2.11. The SMILES string of the molecule is CC(=CC(=O)O)C(C(=O)O)=C(C)C(=O)O. The fraction of sp³-hybridized carbons (Fsp3) is 0.222. The molecule has 0 spiro atoms. The van der Waals surface area contributed by atoms with E-state index in [1.54, 1.807) is 0 Å². The van der Waals surface area contributed by atoms with Gasteiger partial charge in [0.2, 0.25) is 0 Å². The van der Waals surface area contributed by atoms with Gasteiger partial charge in [-0.05, 0) is 19.4 Å². The molecule has 3 N–H and O–H groups in total. The maximum absolute atomic E-state index is 10.7. The Morgan fingerprint density at radius 2 is 1.40 bits per heavy atom. The molecule has 0 rings (SSSR count). The van der Waals surface area contributed by atoms with Gasteiger partial charge in [0.15, 0.2) is 0 Å². The van der Waals surface area contributed by atoms with E-state index in [0.29, 0.717) is 6.08 Å². The van der Waals surface area contributed by atoms with Crippen LogP contribution in [0.4, 0.5) is 0 Å². The standard InChI is InChI=1S/C9H10O6/c1-4(3-6(10)11)7(9(14)15)5(2)8(12)13/h3H,1-2H3,(H,10,11)(H,12,13)(H,14,15). The Balaban J connectivity index is 5.55. The zero-order valence-corrected chi connectivity index (χ0v) is 8.14. The van der Waals surface area contributed by atoms with Crippen molar-refractivity contribution in [1.29, 1.82) is 0 Å². The van der Waals surface area contributed by atoms with E-state index in [2.05, 4.69) is 0 Å². The maximum Gasteiger partial charge on any atom is 0.336 e. The van der Waals surface area contributed by atoms with Gasteiger partial charge >= 0.3 is 17.9 Å². The summed E-state index contributed by atoms with van der Waals surface area (Å²) in [6.07, 6.45) is 0.649. The van der Waals surface area contributed by atoms with Crippen LogP contribution in [0.1, 0.15) is 13.8 Å². The minimum atomic E-state index is -1.47. The van der Waals surface area contributed by atoms with Crippen LogP contribution >= 0.6 is 0 Å². The van der Waals surface area contributed by atoms with Crippen molar-refractivity contribution < 1.29 is 29.7 Å². The first-order chi connectivity index (χ1) is 6.77. The van der Waals surface area contributed by atoms with Crippen LogP contribution < -0.4 is 0 Å². The van der Waals surface area contributed by atoms with E-state index in [9.17, 15) is 14.4 Å². The Kier molecular flexibility index (Phi) is 4.25. The van der Waals surface area contributed by atoms with Crippen molar-refractivity contribution in [3.05, 3.63) is 22.8 Å². The van der Waals surface area contributed by atoms with Crippen molar-refractivity contribution in [2.45, 2.75) is 13.8 Å². The molecular formula is C9H10O6. The van der Waals surface area contributed by atoms with Gasteiger partial charge in [-0.1, -0.05) is 0 Å². The minimum absolute atomic E-state index is 0.116. The van der Waals surface area contributed by atoms with Crippen LogP contribution in [0.3, 0.4) is 0 Å². The molecule has 82 valence electrons.